The number of carboxylic acid groups (broad SMARTS) is 1. The Balaban J connectivity index is 2.80. The van der Waals surface area contributed by atoms with Crippen LogP contribution in [0.15, 0.2) is 24.3 Å². The highest BCUT2D eigenvalue weighted by Gasteiger charge is 2.31. The van der Waals surface area contributed by atoms with Crippen molar-refractivity contribution in [1.29, 1.82) is 5.26 Å². The van der Waals surface area contributed by atoms with Gasteiger partial charge in [0, 0.05) is 12.7 Å². The lowest BCUT2D eigenvalue weighted by Crippen LogP contribution is -2.45. The molecule has 1 aromatic rings. The van der Waals surface area contributed by atoms with E-state index in [0.29, 0.717) is 5.56 Å². The molecule has 1 rings (SSSR count). The molecule has 2 N–H and O–H groups in total. The Morgan fingerprint density at radius 3 is 2.41 bits per heavy atom. The van der Waals surface area contributed by atoms with E-state index in [1.54, 1.807) is 36.2 Å². The van der Waals surface area contributed by atoms with Crippen molar-refractivity contribution < 1.29 is 15.0 Å². The number of aliphatic carboxylic acids is 1. The van der Waals surface area contributed by atoms with E-state index in [1.165, 1.54) is 6.92 Å². The number of aliphatic hydroxyl groups is 1. The van der Waals surface area contributed by atoms with Crippen LogP contribution in [0.5, 0.6) is 0 Å². The molecule has 1 atom stereocenters. The zero-order valence-corrected chi connectivity index (χ0v) is 9.71. The summed E-state index contributed by atoms with van der Waals surface area (Å²) in [6.07, 6.45) is 0. The van der Waals surface area contributed by atoms with Gasteiger partial charge in [-0.3, -0.25) is 0 Å². The van der Waals surface area contributed by atoms with Crippen LogP contribution in [0.25, 0.3) is 0 Å². The van der Waals surface area contributed by atoms with Crippen molar-refractivity contribution in [3.8, 4) is 6.07 Å². The third kappa shape index (κ3) is 3.20. The second-order valence-electron chi connectivity index (χ2n) is 4.09. The van der Waals surface area contributed by atoms with Crippen molar-refractivity contribution in [3.63, 3.8) is 0 Å². The van der Waals surface area contributed by atoms with Crippen LogP contribution in [0.4, 0.5) is 5.69 Å². The number of rotatable bonds is 4. The summed E-state index contributed by atoms with van der Waals surface area (Å²) in [5.41, 5.74) is -0.527. The second kappa shape index (κ2) is 4.85. The molecule has 0 aliphatic rings. The average Bonchev–Trinajstić information content (AvgIpc) is 2.28. The summed E-state index contributed by atoms with van der Waals surface area (Å²) in [5, 5.41) is 27.1. The van der Waals surface area contributed by atoms with Gasteiger partial charge in [0.25, 0.3) is 0 Å². The summed E-state index contributed by atoms with van der Waals surface area (Å²) >= 11 is 0. The minimum atomic E-state index is -1.80. The van der Waals surface area contributed by atoms with Gasteiger partial charge < -0.3 is 15.1 Å². The lowest BCUT2D eigenvalue weighted by Gasteiger charge is -2.27. The third-order valence-electron chi connectivity index (χ3n) is 2.44. The number of nitriles is 1. The molecule has 0 aliphatic carbocycles. The molecule has 0 aromatic heterocycles. The number of hydrogen-bond donors (Lipinski definition) is 2. The summed E-state index contributed by atoms with van der Waals surface area (Å²) in [7, 11) is 1.68. The molecule has 17 heavy (non-hydrogen) atoms. The Hall–Kier alpha value is -2.06. The van der Waals surface area contributed by atoms with E-state index in [2.05, 4.69) is 0 Å². The SMILES string of the molecule is CN(CC(C)(O)C(=O)O)c1ccc(C#N)cc1. The van der Waals surface area contributed by atoms with Crippen LogP contribution in [-0.4, -0.2) is 35.4 Å². The molecule has 0 aliphatic heterocycles. The van der Waals surface area contributed by atoms with Crippen molar-refractivity contribution in [3.05, 3.63) is 29.8 Å². The van der Waals surface area contributed by atoms with E-state index in [-0.39, 0.29) is 6.54 Å². The largest absolute Gasteiger partial charge is 0.479 e. The smallest absolute Gasteiger partial charge is 0.337 e. The van der Waals surface area contributed by atoms with Gasteiger partial charge in [-0.25, -0.2) is 4.79 Å². The molecule has 90 valence electrons. The third-order valence-corrected chi connectivity index (χ3v) is 2.44. The van der Waals surface area contributed by atoms with Gasteiger partial charge in [-0.1, -0.05) is 0 Å². The Kier molecular flexibility index (Phi) is 3.71. The normalized spacial score (nSPS) is 13.5. The summed E-state index contributed by atoms with van der Waals surface area (Å²) in [6, 6.07) is 8.69. The first kappa shape index (κ1) is 13.0. The van der Waals surface area contributed by atoms with Gasteiger partial charge in [-0.05, 0) is 31.2 Å². The molecule has 5 heteroatoms. The van der Waals surface area contributed by atoms with Gasteiger partial charge in [0.05, 0.1) is 18.2 Å². The van der Waals surface area contributed by atoms with Gasteiger partial charge in [0.2, 0.25) is 0 Å². The first-order valence-corrected chi connectivity index (χ1v) is 5.04. The molecule has 0 heterocycles. The van der Waals surface area contributed by atoms with Crippen LogP contribution >= 0.6 is 0 Å². The number of nitrogens with zero attached hydrogens (tertiary/aromatic N) is 2. The topological polar surface area (TPSA) is 84.6 Å². The van der Waals surface area contributed by atoms with Gasteiger partial charge >= 0.3 is 5.97 Å². The second-order valence-corrected chi connectivity index (χ2v) is 4.09. The standard InChI is InChI=1S/C12H14N2O3/c1-12(17,11(15)16)8-14(2)10-5-3-9(7-13)4-6-10/h3-6,17H,8H2,1-2H3,(H,15,16). The molecule has 0 saturated carbocycles. The summed E-state index contributed by atoms with van der Waals surface area (Å²) in [6.45, 7) is 1.21. The number of carbonyl (C=O) groups is 1. The molecule has 5 nitrogen and oxygen atoms in total. The molecule has 1 unspecified atom stereocenters. The minimum absolute atomic E-state index is 0.0335. The van der Waals surface area contributed by atoms with Crippen molar-refractivity contribution in [2.24, 2.45) is 0 Å². The van der Waals surface area contributed by atoms with Crippen LogP contribution in [0.2, 0.25) is 0 Å². The van der Waals surface area contributed by atoms with Gasteiger partial charge in [0.15, 0.2) is 5.60 Å². The van der Waals surface area contributed by atoms with Gasteiger partial charge in [-0.2, -0.15) is 5.26 Å². The maximum absolute atomic E-state index is 10.8. The summed E-state index contributed by atoms with van der Waals surface area (Å²) < 4.78 is 0. The maximum atomic E-state index is 10.8. The molecule has 0 fully saturated rings. The molecule has 1 aromatic carbocycles. The fraction of sp³-hybridized carbons (Fsp3) is 0.333. The van der Waals surface area contributed by atoms with Crippen LogP contribution in [-0.2, 0) is 4.79 Å². The predicted octanol–water partition coefficient (Wildman–Crippen LogP) is 0.830. The van der Waals surface area contributed by atoms with Crippen molar-refractivity contribution in [1.82, 2.24) is 0 Å². The molecule has 0 spiro atoms. The van der Waals surface area contributed by atoms with Gasteiger partial charge in [0.1, 0.15) is 0 Å². The van der Waals surface area contributed by atoms with E-state index < -0.39 is 11.6 Å². The molecular weight excluding hydrogens is 220 g/mol. The summed E-state index contributed by atoms with van der Waals surface area (Å²) in [5.74, 6) is -1.27. The van der Waals surface area contributed by atoms with Crippen LogP contribution in [0.1, 0.15) is 12.5 Å². The first-order valence-electron chi connectivity index (χ1n) is 5.04. The Morgan fingerprint density at radius 1 is 1.47 bits per heavy atom. The first-order chi connectivity index (χ1) is 7.86. The average molecular weight is 234 g/mol. The Bertz CT molecular complexity index is 446. The lowest BCUT2D eigenvalue weighted by atomic mass is 10.1. The molecule has 0 bridgehead atoms. The van der Waals surface area contributed by atoms with E-state index in [1.807, 2.05) is 6.07 Å². The number of anilines is 1. The predicted molar refractivity (Wildman–Crippen MR) is 62.7 cm³/mol. The van der Waals surface area contributed by atoms with E-state index in [0.717, 1.165) is 5.69 Å². The number of benzene rings is 1. The molecular formula is C12H14N2O3. The van der Waals surface area contributed by atoms with Crippen LogP contribution in [0.3, 0.4) is 0 Å². The van der Waals surface area contributed by atoms with Crippen LogP contribution in [0, 0.1) is 11.3 Å². The van der Waals surface area contributed by atoms with Crippen molar-refractivity contribution >= 4 is 11.7 Å². The van der Waals surface area contributed by atoms with E-state index >= 15 is 0 Å². The summed E-state index contributed by atoms with van der Waals surface area (Å²) in [4.78, 5) is 12.4. The Labute approximate surface area is 99.5 Å². The lowest BCUT2D eigenvalue weighted by molar-refractivity contribution is -0.155. The van der Waals surface area contributed by atoms with Gasteiger partial charge in [-0.15, -0.1) is 0 Å². The highest BCUT2D eigenvalue weighted by molar-refractivity contribution is 5.77. The van der Waals surface area contributed by atoms with Crippen molar-refractivity contribution in [2.45, 2.75) is 12.5 Å². The highest BCUT2D eigenvalue weighted by atomic mass is 16.4. The van der Waals surface area contributed by atoms with E-state index in [4.69, 9.17) is 10.4 Å². The zero-order chi connectivity index (χ0) is 13.1. The van der Waals surface area contributed by atoms with Crippen LogP contribution < -0.4 is 4.90 Å². The monoisotopic (exact) mass is 234 g/mol. The van der Waals surface area contributed by atoms with Crippen molar-refractivity contribution in [2.75, 3.05) is 18.5 Å². The maximum Gasteiger partial charge on any atom is 0.337 e. The molecule has 0 radical (unpaired) electrons. The molecule has 0 amide bonds. The van der Waals surface area contributed by atoms with E-state index in [9.17, 15) is 9.90 Å². The fourth-order valence-electron chi connectivity index (χ4n) is 1.41. The minimum Gasteiger partial charge on any atom is -0.479 e. The zero-order valence-electron chi connectivity index (χ0n) is 9.71. The number of carboxylic acids is 1. The number of hydrogen-bond acceptors (Lipinski definition) is 4. The quantitative estimate of drug-likeness (QED) is 0.806. The Morgan fingerprint density at radius 2 is 2.00 bits per heavy atom. The number of likely N-dealkylation sites (N-methyl/N-ethyl adjacent to an activating group) is 1. The fourth-order valence-corrected chi connectivity index (χ4v) is 1.41. The highest BCUT2D eigenvalue weighted by Crippen LogP contribution is 2.16. The molecule has 0 saturated heterocycles.